The van der Waals surface area contributed by atoms with Gasteiger partial charge in [0, 0.05) is 19.3 Å². The first-order chi connectivity index (χ1) is 8.35. The van der Waals surface area contributed by atoms with Crippen molar-refractivity contribution in [3.05, 3.63) is 29.3 Å². The van der Waals surface area contributed by atoms with Gasteiger partial charge in [0.15, 0.2) is 0 Å². The Morgan fingerprint density at radius 3 is 2.50 bits per heavy atom. The molecule has 0 heterocycles. The van der Waals surface area contributed by atoms with Crippen molar-refractivity contribution in [2.75, 3.05) is 18.5 Å². The van der Waals surface area contributed by atoms with Crippen LogP contribution >= 0.6 is 0 Å². The van der Waals surface area contributed by atoms with Crippen LogP contribution in [0.5, 0.6) is 0 Å². The molecule has 0 spiro atoms. The lowest BCUT2D eigenvalue weighted by Crippen LogP contribution is -2.21. The average molecular weight is 244 g/mol. The van der Waals surface area contributed by atoms with Gasteiger partial charge in [0.2, 0.25) is 0 Å². The van der Waals surface area contributed by atoms with E-state index in [9.17, 15) is 0 Å². The van der Waals surface area contributed by atoms with Crippen molar-refractivity contribution >= 4 is 5.69 Å². The maximum atomic E-state index is 8.99. The van der Waals surface area contributed by atoms with Crippen molar-refractivity contribution < 1.29 is 0 Å². The predicted molar refractivity (Wildman–Crippen MR) is 77.8 cm³/mol. The van der Waals surface area contributed by atoms with Crippen LogP contribution < -0.4 is 4.90 Å². The summed E-state index contributed by atoms with van der Waals surface area (Å²) in [6.45, 7) is 9.27. The van der Waals surface area contributed by atoms with E-state index in [4.69, 9.17) is 5.26 Å². The van der Waals surface area contributed by atoms with Crippen LogP contribution in [0.4, 0.5) is 5.69 Å². The van der Waals surface area contributed by atoms with E-state index in [0.717, 1.165) is 19.4 Å². The molecular formula is C16H24N2. The minimum atomic E-state index is -0.205. The smallest absolute Gasteiger partial charge is 0.0683 e. The van der Waals surface area contributed by atoms with Gasteiger partial charge in [-0.2, -0.15) is 5.26 Å². The zero-order chi connectivity index (χ0) is 13.8. The Morgan fingerprint density at radius 2 is 1.94 bits per heavy atom. The average Bonchev–Trinajstić information content (AvgIpc) is 2.28. The summed E-state index contributed by atoms with van der Waals surface area (Å²) in [5, 5.41) is 8.99. The second kappa shape index (κ2) is 5.91. The highest BCUT2D eigenvalue weighted by Gasteiger charge is 2.16. The summed E-state index contributed by atoms with van der Waals surface area (Å²) in [6, 6.07) is 8.90. The van der Waals surface area contributed by atoms with Gasteiger partial charge >= 0.3 is 0 Å². The highest BCUT2D eigenvalue weighted by molar-refractivity contribution is 5.53. The molecule has 1 aromatic rings. The quantitative estimate of drug-likeness (QED) is 0.780. The lowest BCUT2D eigenvalue weighted by molar-refractivity contribution is 0.436. The lowest BCUT2D eigenvalue weighted by atomic mass is 9.90. The Balaban J connectivity index is 2.56. The number of nitrogens with zero attached hydrogens (tertiary/aromatic N) is 2. The van der Waals surface area contributed by atoms with Crippen molar-refractivity contribution in [1.29, 1.82) is 5.26 Å². The van der Waals surface area contributed by atoms with Crippen molar-refractivity contribution in [2.24, 2.45) is 5.41 Å². The zero-order valence-corrected chi connectivity index (χ0v) is 12.2. The number of nitriles is 1. The molecule has 0 fully saturated rings. The van der Waals surface area contributed by atoms with Crippen molar-refractivity contribution in [3.63, 3.8) is 0 Å². The number of benzene rings is 1. The summed E-state index contributed by atoms with van der Waals surface area (Å²) in [5.41, 5.74) is 3.70. The van der Waals surface area contributed by atoms with E-state index in [-0.39, 0.29) is 5.41 Å². The SMILES string of the molecule is Cc1ccc(N(C)CCCC(C)(C)C#N)c(C)c1. The van der Waals surface area contributed by atoms with Crippen LogP contribution in [0.3, 0.4) is 0 Å². The summed E-state index contributed by atoms with van der Waals surface area (Å²) >= 11 is 0. The van der Waals surface area contributed by atoms with Crippen LogP contribution in [0, 0.1) is 30.6 Å². The van der Waals surface area contributed by atoms with Gasteiger partial charge in [-0.1, -0.05) is 17.7 Å². The normalized spacial score (nSPS) is 11.1. The van der Waals surface area contributed by atoms with Gasteiger partial charge in [-0.15, -0.1) is 0 Å². The van der Waals surface area contributed by atoms with Crippen molar-refractivity contribution in [3.8, 4) is 6.07 Å². The molecule has 0 saturated carbocycles. The van der Waals surface area contributed by atoms with Crippen LogP contribution in [0.15, 0.2) is 18.2 Å². The molecule has 0 aromatic heterocycles. The van der Waals surface area contributed by atoms with Gasteiger partial charge in [-0.25, -0.2) is 0 Å². The van der Waals surface area contributed by atoms with Crippen LogP contribution in [0.25, 0.3) is 0 Å². The molecule has 98 valence electrons. The Kier molecular flexibility index (Phi) is 4.78. The third kappa shape index (κ3) is 4.07. The lowest BCUT2D eigenvalue weighted by Gasteiger charge is -2.23. The van der Waals surface area contributed by atoms with Gasteiger partial charge in [-0.05, 0) is 52.2 Å². The summed E-state index contributed by atoms with van der Waals surface area (Å²) in [6.07, 6.45) is 1.99. The fraction of sp³-hybridized carbons (Fsp3) is 0.562. The van der Waals surface area contributed by atoms with E-state index in [1.807, 2.05) is 13.8 Å². The Bertz CT molecular complexity index is 441. The van der Waals surface area contributed by atoms with Gasteiger partial charge < -0.3 is 4.90 Å². The Hall–Kier alpha value is -1.49. The molecule has 2 nitrogen and oxygen atoms in total. The standard InChI is InChI=1S/C16H24N2/c1-13-7-8-15(14(2)11-13)18(5)10-6-9-16(3,4)12-17/h7-8,11H,6,9-10H2,1-5H3. The van der Waals surface area contributed by atoms with Crippen LogP contribution in [0.1, 0.15) is 37.8 Å². The molecule has 0 unspecified atom stereocenters. The number of anilines is 1. The Labute approximate surface area is 111 Å². The molecule has 0 atom stereocenters. The van der Waals surface area contributed by atoms with Crippen LogP contribution in [-0.4, -0.2) is 13.6 Å². The van der Waals surface area contributed by atoms with Gasteiger partial charge in [0.1, 0.15) is 0 Å². The molecule has 1 rings (SSSR count). The number of aryl methyl sites for hydroxylation is 2. The zero-order valence-electron chi connectivity index (χ0n) is 12.2. The van der Waals surface area contributed by atoms with E-state index >= 15 is 0 Å². The van der Waals surface area contributed by atoms with Crippen LogP contribution in [-0.2, 0) is 0 Å². The minimum absolute atomic E-state index is 0.205. The largest absolute Gasteiger partial charge is 0.374 e. The van der Waals surface area contributed by atoms with Crippen molar-refractivity contribution in [1.82, 2.24) is 0 Å². The van der Waals surface area contributed by atoms with E-state index in [0.29, 0.717) is 0 Å². The van der Waals surface area contributed by atoms with E-state index in [1.165, 1.54) is 16.8 Å². The first-order valence-electron chi connectivity index (χ1n) is 6.55. The maximum Gasteiger partial charge on any atom is 0.0683 e. The molecule has 2 heteroatoms. The third-order valence-corrected chi connectivity index (χ3v) is 3.36. The van der Waals surface area contributed by atoms with Gasteiger partial charge in [0.05, 0.1) is 11.5 Å². The summed E-state index contributed by atoms with van der Waals surface area (Å²) in [4.78, 5) is 2.28. The third-order valence-electron chi connectivity index (χ3n) is 3.36. The first-order valence-corrected chi connectivity index (χ1v) is 6.55. The summed E-state index contributed by atoms with van der Waals surface area (Å²) < 4.78 is 0. The van der Waals surface area contributed by atoms with E-state index < -0.39 is 0 Å². The summed E-state index contributed by atoms with van der Waals surface area (Å²) in [7, 11) is 2.12. The van der Waals surface area contributed by atoms with Gasteiger partial charge in [-0.3, -0.25) is 0 Å². The molecule has 0 radical (unpaired) electrons. The molecule has 18 heavy (non-hydrogen) atoms. The molecule has 0 amide bonds. The second-order valence-electron chi connectivity index (χ2n) is 5.81. The maximum absolute atomic E-state index is 8.99. The molecular weight excluding hydrogens is 220 g/mol. The highest BCUT2D eigenvalue weighted by atomic mass is 15.1. The number of hydrogen-bond acceptors (Lipinski definition) is 2. The molecule has 1 aromatic carbocycles. The Morgan fingerprint density at radius 1 is 1.28 bits per heavy atom. The first kappa shape index (κ1) is 14.6. The monoisotopic (exact) mass is 244 g/mol. The fourth-order valence-corrected chi connectivity index (χ4v) is 2.17. The molecule has 0 aliphatic carbocycles. The fourth-order valence-electron chi connectivity index (χ4n) is 2.17. The number of rotatable bonds is 5. The number of hydrogen-bond donors (Lipinski definition) is 0. The van der Waals surface area contributed by atoms with Gasteiger partial charge in [0.25, 0.3) is 0 Å². The van der Waals surface area contributed by atoms with E-state index in [1.54, 1.807) is 0 Å². The molecule has 0 aliphatic rings. The topological polar surface area (TPSA) is 27.0 Å². The second-order valence-corrected chi connectivity index (χ2v) is 5.81. The minimum Gasteiger partial charge on any atom is -0.374 e. The highest BCUT2D eigenvalue weighted by Crippen LogP contribution is 2.23. The molecule has 0 N–H and O–H groups in total. The van der Waals surface area contributed by atoms with Crippen molar-refractivity contribution in [2.45, 2.75) is 40.5 Å². The predicted octanol–water partition coefficient (Wildman–Crippen LogP) is 4.07. The molecule has 0 aliphatic heterocycles. The summed E-state index contributed by atoms with van der Waals surface area (Å²) in [5.74, 6) is 0. The molecule has 0 saturated heterocycles. The van der Waals surface area contributed by atoms with Crippen LogP contribution in [0.2, 0.25) is 0 Å². The molecule has 0 bridgehead atoms. The van der Waals surface area contributed by atoms with E-state index in [2.05, 4.69) is 50.1 Å².